The zero-order valence-electron chi connectivity index (χ0n) is 23.2. The highest BCUT2D eigenvalue weighted by molar-refractivity contribution is 5.85. The van der Waals surface area contributed by atoms with Crippen molar-refractivity contribution in [2.45, 2.75) is 52.7 Å². The molecule has 4 aromatic rings. The Morgan fingerprint density at radius 2 is 1.76 bits per heavy atom. The Morgan fingerprint density at radius 3 is 2.47 bits per heavy atom. The van der Waals surface area contributed by atoms with Crippen LogP contribution in [0.2, 0.25) is 0 Å². The highest BCUT2D eigenvalue weighted by Gasteiger charge is 2.35. The number of nitrogens with zero attached hydrogens (tertiary/aromatic N) is 6. The Balaban J connectivity index is 1.50. The molecule has 0 spiro atoms. The molecule has 1 aliphatic heterocycles. The third-order valence-corrected chi connectivity index (χ3v) is 7.45. The van der Waals surface area contributed by atoms with E-state index in [1.165, 1.54) is 5.56 Å². The predicted octanol–water partition coefficient (Wildman–Crippen LogP) is 3.80. The van der Waals surface area contributed by atoms with Crippen molar-refractivity contribution in [2.24, 2.45) is 0 Å². The first kappa shape index (κ1) is 26.1. The lowest BCUT2D eigenvalue weighted by atomic mass is 9.98. The van der Waals surface area contributed by atoms with Gasteiger partial charge >= 0.3 is 0 Å². The van der Waals surface area contributed by atoms with Crippen LogP contribution in [0.15, 0.2) is 47.3 Å². The molecule has 9 nitrogen and oxygen atoms in total. The third-order valence-electron chi connectivity index (χ3n) is 7.45. The highest BCUT2D eigenvalue weighted by Crippen LogP contribution is 2.31. The molecule has 0 saturated carbocycles. The number of H-pyrrole nitrogens is 1. The first-order valence-electron chi connectivity index (χ1n) is 13.2. The van der Waals surface area contributed by atoms with Crippen LogP contribution in [0.25, 0.3) is 10.9 Å². The zero-order valence-corrected chi connectivity index (χ0v) is 23.2. The third kappa shape index (κ3) is 5.08. The average molecular weight is 516 g/mol. The molecule has 2 aromatic carbocycles. The number of benzene rings is 2. The van der Waals surface area contributed by atoms with Crippen LogP contribution in [0.1, 0.15) is 54.9 Å². The molecule has 0 unspecified atom stereocenters. The summed E-state index contributed by atoms with van der Waals surface area (Å²) >= 11 is 0. The lowest BCUT2D eigenvalue weighted by Crippen LogP contribution is -2.49. The van der Waals surface area contributed by atoms with Crippen molar-refractivity contribution < 1.29 is 4.74 Å². The maximum absolute atomic E-state index is 13.6. The van der Waals surface area contributed by atoms with Crippen LogP contribution in [-0.2, 0) is 12.1 Å². The van der Waals surface area contributed by atoms with Crippen molar-refractivity contribution in [1.82, 2.24) is 35.0 Å². The van der Waals surface area contributed by atoms with E-state index in [9.17, 15) is 4.79 Å². The van der Waals surface area contributed by atoms with E-state index in [1.807, 2.05) is 35.9 Å². The molecule has 200 valence electrons. The molecule has 5 rings (SSSR count). The Hall–Kier alpha value is -3.56. The van der Waals surface area contributed by atoms with Gasteiger partial charge in [0.1, 0.15) is 11.8 Å². The number of hydrogen-bond donors (Lipinski definition) is 1. The molecule has 38 heavy (non-hydrogen) atoms. The summed E-state index contributed by atoms with van der Waals surface area (Å²) in [6.07, 6.45) is 0. The average Bonchev–Trinajstić information content (AvgIpc) is 3.39. The highest BCUT2D eigenvalue weighted by atomic mass is 16.5. The number of tetrazole rings is 1. The molecule has 3 heterocycles. The predicted molar refractivity (Wildman–Crippen MR) is 149 cm³/mol. The van der Waals surface area contributed by atoms with Gasteiger partial charge < -0.3 is 9.72 Å². The van der Waals surface area contributed by atoms with Crippen molar-refractivity contribution in [3.8, 4) is 5.75 Å². The van der Waals surface area contributed by atoms with Gasteiger partial charge in [-0.2, -0.15) is 0 Å². The van der Waals surface area contributed by atoms with Gasteiger partial charge in [0.25, 0.3) is 5.56 Å². The Bertz CT molecular complexity index is 1490. The van der Waals surface area contributed by atoms with Gasteiger partial charge in [0.2, 0.25) is 0 Å². The standard InChI is InChI=1S/C29H37N7O2/c1-19-10-11-20(2)25-23(19)17-24(28(37)30-25)26(27-31-32-33-36(27)29(3,4)5)35-14-12-34(13-15-35)18-21-8-7-9-22(16-21)38-6/h7-11,16-17,26H,12-15,18H2,1-6H3,(H,30,37)/t26-/m0/s1. The van der Waals surface area contributed by atoms with Gasteiger partial charge in [0.05, 0.1) is 18.2 Å². The van der Waals surface area contributed by atoms with Crippen LogP contribution in [0.3, 0.4) is 0 Å². The minimum Gasteiger partial charge on any atom is -0.497 e. The van der Waals surface area contributed by atoms with Crippen molar-refractivity contribution >= 4 is 10.9 Å². The van der Waals surface area contributed by atoms with E-state index >= 15 is 0 Å². The molecule has 1 N–H and O–H groups in total. The summed E-state index contributed by atoms with van der Waals surface area (Å²) in [6.45, 7) is 14.5. The summed E-state index contributed by atoms with van der Waals surface area (Å²) in [6, 6.07) is 14.1. The number of hydrogen-bond acceptors (Lipinski definition) is 7. The Morgan fingerprint density at radius 1 is 1.03 bits per heavy atom. The molecule has 1 atom stereocenters. The molecule has 1 aliphatic rings. The smallest absolute Gasteiger partial charge is 0.253 e. The fraction of sp³-hybridized carbons (Fsp3) is 0.448. The van der Waals surface area contributed by atoms with E-state index in [2.05, 4.69) is 76.2 Å². The Kier molecular flexibility index (Phi) is 7.07. The number of nitrogens with one attached hydrogen (secondary N) is 1. The molecular weight excluding hydrogens is 478 g/mol. The van der Waals surface area contributed by atoms with E-state index in [4.69, 9.17) is 4.74 Å². The quantitative estimate of drug-likeness (QED) is 0.418. The van der Waals surface area contributed by atoms with Crippen LogP contribution < -0.4 is 10.3 Å². The molecule has 0 aliphatic carbocycles. The summed E-state index contributed by atoms with van der Waals surface area (Å²) in [4.78, 5) is 21.6. The first-order valence-corrected chi connectivity index (χ1v) is 13.2. The van der Waals surface area contributed by atoms with E-state index in [1.54, 1.807) is 7.11 Å². The number of rotatable bonds is 6. The Labute approximate surface area is 223 Å². The first-order chi connectivity index (χ1) is 18.2. The summed E-state index contributed by atoms with van der Waals surface area (Å²) in [5.74, 6) is 1.56. The lowest BCUT2D eigenvalue weighted by Gasteiger charge is -2.39. The SMILES string of the molecule is COc1cccc(CN2CCN([C@@H](c3cc4c(C)ccc(C)c4[nH]c3=O)c3nnnn3C(C)(C)C)CC2)c1. The van der Waals surface area contributed by atoms with Crippen LogP contribution in [0.5, 0.6) is 5.75 Å². The number of aromatic nitrogens is 5. The minimum absolute atomic E-state index is 0.0986. The zero-order chi connectivity index (χ0) is 27.0. The molecule has 1 saturated heterocycles. The molecule has 1 fully saturated rings. The van der Waals surface area contributed by atoms with Crippen molar-refractivity contribution in [3.63, 3.8) is 0 Å². The normalized spacial score (nSPS) is 16.2. The number of fused-ring (bicyclic) bond motifs is 1. The largest absolute Gasteiger partial charge is 0.497 e. The second-order valence-corrected chi connectivity index (χ2v) is 11.2. The maximum atomic E-state index is 13.6. The number of aryl methyl sites for hydroxylation is 2. The number of aromatic amines is 1. The fourth-order valence-electron chi connectivity index (χ4n) is 5.34. The van der Waals surface area contributed by atoms with Crippen LogP contribution >= 0.6 is 0 Å². The van der Waals surface area contributed by atoms with Crippen LogP contribution in [-0.4, -0.2) is 68.3 Å². The topological polar surface area (TPSA) is 92.2 Å². The van der Waals surface area contributed by atoms with Gasteiger partial charge in [0.15, 0.2) is 5.82 Å². The molecule has 0 bridgehead atoms. The van der Waals surface area contributed by atoms with Crippen molar-refractivity contribution in [3.05, 3.63) is 80.9 Å². The number of methoxy groups -OCH3 is 1. The second kappa shape index (κ2) is 10.3. The molecule has 0 radical (unpaired) electrons. The maximum Gasteiger partial charge on any atom is 0.253 e. The number of ether oxygens (including phenoxy) is 1. The molecule has 2 aromatic heterocycles. The van der Waals surface area contributed by atoms with Crippen LogP contribution in [0, 0.1) is 13.8 Å². The van der Waals surface area contributed by atoms with Crippen molar-refractivity contribution in [2.75, 3.05) is 33.3 Å². The summed E-state index contributed by atoms with van der Waals surface area (Å²) in [5.41, 5.74) is 4.53. The van der Waals surface area contributed by atoms with E-state index in [0.717, 1.165) is 60.5 Å². The summed E-state index contributed by atoms with van der Waals surface area (Å²) in [5, 5.41) is 13.9. The minimum atomic E-state index is -0.365. The lowest BCUT2D eigenvalue weighted by molar-refractivity contribution is 0.0975. The number of piperazine rings is 1. The van der Waals surface area contributed by atoms with Gasteiger partial charge in [-0.25, -0.2) is 4.68 Å². The second-order valence-electron chi connectivity index (χ2n) is 11.2. The fourth-order valence-corrected chi connectivity index (χ4v) is 5.34. The van der Waals surface area contributed by atoms with Gasteiger partial charge in [-0.15, -0.1) is 5.10 Å². The summed E-state index contributed by atoms with van der Waals surface area (Å²) < 4.78 is 7.25. The molecular formula is C29H37N7O2. The number of pyridine rings is 1. The van der Waals surface area contributed by atoms with Gasteiger partial charge in [-0.05, 0) is 79.9 Å². The van der Waals surface area contributed by atoms with Crippen molar-refractivity contribution in [1.29, 1.82) is 0 Å². The molecule has 0 amide bonds. The van der Waals surface area contributed by atoms with Crippen LogP contribution in [0.4, 0.5) is 0 Å². The van der Waals surface area contributed by atoms with E-state index in [0.29, 0.717) is 11.4 Å². The van der Waals surface area contributed by atoms with E-state index in [-0.39, 0.29) is 17.1 Å². The summed E-state index contributed by atoms with van der Waals surface area (Å²) in [7, 11) is 1.69. The molecule has 9 heteroatoms. The monoisotopic (exact) mass is 515 g/mol. The van der Waals surface area contributed by atoms with Gasteiger partial charge in [-0.3, -0.25) is 14.6 Å². The van der Waals surface area contributed by atoms with Gasteiger partial charge in [0, 0.05) is 43.7 Å². The van der Waals surface area contributed by atoms with Gasteiger partial charge in [-0.1, -0.05) is 24.3 Å². The van der Waals surface area contributed by atoms with E-state index < -0.39 is 0 Å².